The summed E-state index contributed by atoms with van der Waals surface area (Å²) in [6.45, 7) is 5.64. The first-order valence-electron chi connectivity index (χ1n) is 10.3. The minimum absolute atomic E-state index is 0.00492. The number of pyridine rings is 1. The van der Waals surface area contributed by atoms with Crippen LogP contribution in [0.1, 0.15) is 33.7 Å². The van der Waals surface area contributed by atoms with Crippen molar-refractivity contribution in [2.45, 2.75) is 40.0 Å². The third-order valence-electron chi connectivity index (χ3n) is 5.33. The van der Waals surface area contributed by atoms with Gasteiger partial charge in [-0.3, -0.25) is 19.0 Å². The zero-order chi connectivity index (χ0) is 25.7. The van der Waals surface area contributed by atoms with E-state index in [1.54, 1.807) is 24.7 Å². The van der Waals surface area contributed by atoms with Gasteiger partial charge in [-0.2, -0.15) is 23.4 Å². The molecule has 0 saturated carbocycles. The minimum Gasteiger partial charge on any atom is -0.365 e. The number of hydrogen-bond donors (Lipinski definition) is 2. The van der Waals surface area contributed by atoms with Crippen molar-refractivity contribution in [3.8, 4) is 11.1 Å². The first-order chi connectivity index (χ1) is 16.4. The molecule has 0 aliphatic rings. The summed E-state index contributed by atoms with van der Waals surface area (Å²) in [5, 5.41) is 11.3. The van der Waals surface area contributed by atoms with E-state index in [0.717, 1.165) is 6.07 Å². The Bertz CT molecular complexity index is 1450. The Balaban J connectivity index is 1.91. The van der Waals surface area contributed by atoms with Crippen LogP contribution in [0, 0.1) is 13.8 Å². The average molecular weight is 570 g/mol. The summed E-state index contributed by atoms with van der Waals surface area (Å²) in [4.78, 5) is 28.6. The Morgan fingerprint density at radius 2 is 1.97 bits per heavy atom. The van der Waals surface area contributed by atoms with Crippen molar-refractivity contribution < 1.29 is 22.8 Å². The number of nitrogens with zero attached hydrogens (tertiary/aromatic N) is 5. The molecule has 0 aliphatic heterocycles. The van der Waals surface area contributed by atoms with Gasteiger partial charge in [0, 0.05) is 29.4 Å². The fourth-order valence-electron chi connectivity index (χ4n) is 3.68. The van der Waals surface area contributed by atoms with Crippen LogP contribution in [0.15, 0.2) is 22.9 Å². The maximum Gasteiger partial charge on any atom is 0.433 e. The molecule has 0 radical (unpaired) electrons. The lowest BCUT2D eigenvalue weighted by molar-refractivity contribution is -0.140. The van der Waals surface area contributed by atoms with Gasteiger partial charge in [0.15, 0.2) is 0 Å². The molecule has 4 aromatic rings. The highest BCUT2D eigenvalue weighted by atomic mass is 79.9. The number of amides is 2. The molecule has 0 aromatic carbocycles. The van der Waals surface area contributed by atoms with Crippen molar-refractivity contribution in [2.24, 2.45) is 5.73 Å². The molecule has 0 aliphatic carbocycles. The van der Waals surface area contributed by atoms with E-state index in [9.17, 15) is 22.8 Å². The van der Waals surface area contributed by atoms with Crippen molar-refractivity contribution in [1.82, 2.24) is 24.5 Å². The van der Waals surface area contributed by atoms with Crippen LogP contribution < -0.4 is 11.1 Å². The molecule has 2 amide bonds. The molecule has 9 nitrogen and oxygen atoms in total. The minimum atomic E-state index is -4.73. The monoisotopic (exact) mass is 569 g/mol. The molecule has 35 heavy (non-hydrogen) atoms. The van der Waals surface area contributed by atoms with Crippen molar-refractivity contribution in [3.63, 3.8) is 0 Å². The zero-order valence-corrected chi connectivity index (χ0v) is 21.1. The van der Waals surface area contributed by atoms with Crippen molar-refractivity contribution in [1.29, 1.82) is 0 Å². The molecule has 0 atom stereocenters. The molecule has 0 unspecified atom stereocenters. The van der Waals surface area contributed by atoms with Crippen LogP contribution in [-0.4, -0.2) is 36.4 Å². The van der Waals surface area contributed by atoms with E-state index in [2.05, 4.69) is 36.4 Å². The van der Waals surface area contributed by atoms with E-state index in [4.69, 9.17) is 5.73 Å². The molecule has 0 fully saturated rings. The lowest BCUT2D eigenvalue weighted by Crippen LogP contribution is -2.21. The third kappa shape index (κ3) is 4.67. The number of alkyl halides is 3. The Hall–Kier alpha value is -3.26. The van der Waals surface area contributed by atoms with Gasteiger partial charge in [0.05, 0.1) is 22.1 Å². The summed E-state index contributed by atoms with van der Waals surface area (Å²) < 4.78 is 44.8. The lowest BCUT2D eigenvalue weighted by Gasteiger charge is -2.12. The summed E-state index contributed by atoms with van der Waals surface area (Å²) in [6, 6.07) is 0.896. The molecule has 3 N–H and O–H groups in total. The maximum absolute atomic E-state index is 13.7. The molecular formula is C21H19BrF3N7O2S. The molecule has 0 bridgehead atoms. The first kappa shape index (κ1) is 24.9. The number of anilines is 1. The highest BCUT2D eigenvalue weighted by molar-refractivity contribution is 9.10. The quantitative estimate of drug-likeness (QED) is 0.354. The van der Waals surface area contributed by atoms with Gasteiger partial charge in [0.1, 0.15) is 21.9 Å². The number of thiophene rings is 1. The van der Waals surface area contributed by atoms with E-state index in [0.29, 0.717) is 39.3 Å². The van der Waals surface area contributed by atoms with Gasteiger partial charge in [-0.1, -0.05) is 0 Å². The number of hydrogen-bond acceptors (Lipinski definition) is 6. The maximum atomic E-state index is 13.7. The largest absolute Gasteiger partial charge is 0.433 e. The Morgan fingerprint density at radius 3 is 2.51 bits per heavy atom. The summed E-state index contributed by atoms with van der Waals surface area (Å²) in [5.41, 5.74) is 6.25. The second-order valence-corrected chi connectivity index (χ2v) is 9.52. The number of carbonyl (C=O) groups is 2. The smallest absolute Gasteiger partial charge is 0.365 e. The van der Waals surface area contributed by atoms with Gasteiger partial charge in [-0.15, -0.1) is 11.3 Å². The standard InChI is InChI=1S/C21H19BrF3N7O2S/c1-4-32-10(3)12(6-27-32)11-5-14(21(23,24)25)28-20-16(11)17(18(35-20)19(26)34)29-15(33)8-31-7-13(22)9(2)30-31/h5-7H,4,8H2,1-3H3,(H2,26,34)(H,29,33). The zero-order valence-electron chi connectivity index (χ0n) is 18.7. The van der Waals surface area contributed by atoms with Crippen LogP contribution in [-0.2, 0) is 24.1 Å². The predicted octanol–water partition coefficient (Wildman–Crippen LogP) is 4.51. The van der Waals surface area contributed by atoms with Gasteiger partial charge in [0.2, 0.25) is 5.91 Å². The normalized spacial score (nSPS) is 11.9. The van der Waals surface area contributed by atoms with Crippen LogP contribution in [0.2, 0.25) is 0 Å². The highest BCUT2D eigenvalue weighted by Crippen LogP contribution is 2.44. The molecule has 14 heteroatoms. The average Bonchev–Trinajstić information content (AvgIpc) is 3.42. The molecule has 4 heterocycles. The van der Waals surface area contributed by atoms with E-state index in [-0.39, 0.29) is 32.9 Å². The fraction of sp³-hybridized carbons (Fsp3) is 0.286. The number of carbonyl (C=O) groups excluding carboxylic acids is 2. The fourth-order valence-corrected chi connectivity index (χ4v) is 5.00. The first-order valence-corrected chi connectivity index (χ1v) is 11.9. The highest BCUT2D eigenvalue weighted by Gasteiger charge is 2.35. The van der Waals surface area contributed by atoms with E-state index >= 15 is 0 Å². The van der Waals surface area contributed by atoms with E-state index in [1.807, 2.05) is 6.92 Å². The second-order valence-electron chi connectivity index (χ2n) is 7.67. The van der Waals surface area contributed by atoms with Gasteiger partial charge >= 0.3 is 6.18 Å². The number of aromatic nitrogens is 5. The topological polar surface area (TPSA) is 121 Å². The Labute approximate surface area is 209 Å². The number of rotatable bonds is 6. The number of aryl methyl sites for hydroxylation is 2. The number of halogens is 4. The Morgan fingerprint density at radius 1 is 1.26 bits per heavy atom. The lowest BCUT2D eigenvalue weighted by atomic mass is 10.0. The molecule has 0 saturated heterocycles. The number of primary amides is 1. The van der Waals surface area contributed by atoms with Crippen LogP contribution in [0.25, 0.3) is 21.3 Å². The van der Waals surface area contributed by atoms with Crippen LogP contribution in [0.4, 0.5) is 18.9 Å². The SMILES string of the molecule is CCn1ncc(-c2cc(C(F)(F)F)nc3sc(C(N)=O)c(NC(=O)Cn4cc(Br)c(C)n4)c23)c1C. The number of fused-ring (bicyclic) bond motifs is 1. The molecule has 0 spiro atoms. The van der Waals surface area contributed by atoms with Gasteiger partial charge in [-0.05, 0) is 48.3 Å². The summed E-state index contributed by atoms with van der Waals surface area (Å²) in [5.74, 6) is -1.45. The van der Waals surface area contributed by atoms with Gasteiger partial charge < -0.3 is 11.1 Å². The Kier molecular flexibility index (Phi) is 6.44. The third-order valence-corrected chi connectivity index (χ3v) is 7.20. The number of nitrogens with one attached hydrogen (secondary N) is 1. The van der Waals surface area contributed by atoms with Crippen molar-refractivity contribution in [2.75, 3.05) is 5.32 Å². The number of nitrogens with two attached hydrogens (primary N) is 1. The van der Waals surface area contributed by atoms with Gasteiger partial charge in [-0.25, -0.2) is 4.98 Å². The predicted molar refractivity (Wildman–Crippen MR) is 128 cm³/mol. The second kappa shape index (κ2) is 9.07. The van der Waals surface area contributed by atoms with E-state index in [1.165, 1.54) is 10.9 Å². The molecule has 4 rings (SSSR count). The summed E-state index contributed by atoms with van der Waals surface area (Å²) >= 11 is 4.01. The van der Waals surface area contributed by atoms with Crippen LogP contribution in [0.3, 0.4) is 0 Å². The summed E-state index contributed by atoms with van der Waals surface area (Å²) in [6.07, 6.45) is -1.67. The molecule has 184 valence electrons. The van der Waals surface area contributed by atoms with Crippen LogP contribution in [0.5, 0.6) is 0 Å². The summed E-state index contributed by atoms with van der Waals surface area (Å²) in [7, 11) is 0. The van der Waals surface area contributed by atoms with Crippen LogP contribution >= 0.6 is 27.3 Å². The molecule has 4 aromatic heterocycles. The van der Waals surface area contributed by atoms with Crippen molar-refractivity contribution >= 4 is 55.0 Å². The van der Waals surface area contributed by atoms with Gasteiger partial charge in [0.25, 0.3) is 5.91 Å². The van der Waals surface area contributed by atoms with E-state index < -0.39 is 23.7 Å². The van der Waals surface area contributed by atoms with Crippen molar-refractivity contribution in [3.05, 3.63) is 44.9 Å². The molecular weight excluding hydrogens is 551 g/mol.